The van der Waals surface area contributed by atoms with Crippen molar-refractivity contribution in [1.29, 1.82) is 0 Å². The number of hydrogen-bond acceptors (Lipinski definition) is 2. The Hall–Kier alpha value is -0.630. The number of fused-ring (bicyclic) bond motifs is 3. The summed E-state index contributed by atoms with van der Waals surface area (Å²) in [6, 6.07) is 0. The van der Waals surface area contributed by atoms with Gasteiger partial charge in [0.15, 0.2) is 0 Å². The fourth-order valence-electron chi connectivity index (χ4n) is 7.19. The lowest BCUT2D eigenvalue weighted by Gasteiger charge is -2.66. The van der Waals surface area contributed by atoms with E-state index in [0.29, 0.717) is 17.8 Å². The second kappa shape index (κ2) is 5.44. The van der Waals surface area contributed by atoms with Crippen molar-refractivity contribution in [1.82, 2.24) is 0 Å². The summed E-state index contributed by atoms with van der Waals surface area (Å²) in [7, 11) is 0. The number of aliphatic hydroxyl groups excluding tert-OH is 1. The first-order chi connectivity index (χ1) is 10.7. The standard InChI is InChI=1S/C21H34O2/c1-14-15(8-12-22)20(4)11-7-17-19(2,3)9-6-10-21(17,5)18(20)13-16(14)23/h12,15-18,23H,1,6-11,13H2,2-5H3/t15?,16-,17+,18+,20+,21+/m1/s1. The summed E-state index contributed by atoms with van der Waals surface area (Å²) in [5.74, 6) is 1.38. The number of rotatable bonds is 2. The van der Waals surface area contributed by atoms with Crippen LogP contribution < -0.4 is 0 Å². The number of aliphatic hydroxyl groups is 1. The zero-order valence-electron chi connectivity index (χ0n) is 15.4. The normalized spacial score (nSPS) is 49.2. The highest BCUT2D eigenvalue weighted by Gasteiger charge is 2.62. The van der Waals surface area contributed by atoms with Crippen LogP contribution in [0.25, 0.3) is 0 Å². The molecule has 6 atom stereocenters. The molecule has 0 aliphatic heterocycles. The van der Waals surface area contributed by atoms with Gasteiger partial charge in [-0.2, -0.15) is 0 Å². The molecule has 3 fully saturated rings. The lowest BCUT2D eigenvalue weighted by atomic mass is 9.39. The van der Waals surface area contributed by atoms with Crippen molar-refractivity contribution in [2.24, 2.45) is 34.0 Å². The van der Waals surface area contributed by atoms with Crippen molar-refractivity contribution in [3.05, 3.63) is 12.2 Å². The van der Waals surface area contributed by atoms with Crippen LogP contribution in [0.3, 0.4) is 0 Å². The van der Waals surface area contributed by atoms with Crippen LogP contribution in [0.4, 0.5) is 0 Å². The van der Waals surface area contributed by atoms with E-state index in [1.165, 1.54) is 32.1 Å². The third-order valence-corrected chi connectivity index (χ3v) is 8.30. The van der Waals surface area contributed by atoms with E-state index in [2.05, 4.69) is 34.3 Å². The van der Waals surface area contributed by atoms with Gasteiger partial charge in [0, 0.05) is 6.42 Å². The lowest BCUT2D eigenvalue weighted by molar-refractivity contribution is -0.167. The number of hydrogen-bond donors (Lipinski definition) is 1. The Morgan fingerprint density at radius 1 is 1.13 bits per heavy atom. The van der Waals surface area contributed by atoms with Crippen LogP contribution in [0.5, 0.6) is 0 Å². The second-order valence-corrected chi connectivity index (χ2v) is 9.78. The summed E-state index contributed by atoms with van der Waals surface area (Å²) in [4.78, 5) is 11.3. The van der Waals surface area contributed by atoms with Crippen LogP contribution in [0.1, 0.15) is 72.6 Å². The smallest absolute Gasteiger partial charge is 0.120 e. The summed E-state index contributed by atoms with van der Waals surface area (Å²) < 4.78 is 0. The number of carbonyl (C=O) groups excluding carboxylic acids is 1. The molecular weight excluding hydrogens is 284 g/mol. The van der Waals surface area contributed by atoms with Gasteiger partial charge in [0.2, 0.25) is 0 Å². The van der Waals surface area contributed by atoms with Gasteiger partial charge in [0.1, 0.15) is 6.29 Å². The predicted octanol–water partition coefficient (Wildman–Crippen LogP) is 4.76. The molecule has 2 heteroatoms. The maximum absolute atomic E-state index is 11.3. The van der Waals surface area contributed by atoms with Gasteiger partial charge in [-0.15, -0.1) is 0 Å². The molecule has 0 heterocycles. The molecule has 0 spiro atoms. The van der Waals surface area contributed by atoms with Crippen molar-refractivity contribution < 1.29 is 9.90 Å². The number of carbonyl (C=O) groups is 1. The Morgan fingerprint density at radius 3 is 2.48 bits per heavy atom. The van der Waals surface area contributed by atoms with Crippen LogP contribution in [0.2, 0.25) is 0 Å². The zero-order valence-corrected chi connectivity index (χ0v) is 15.4. The Labute approximate surface area is 141 Å². The zero-order chi connectivity index (χ0) is 17.0. The van der Waals surface area contributed by atoms with Crippen LogP contribution in [0.15, 0.2) is 12.2 Å². The van der Waals surface area contributed by atoms with Crippen molar-refractivity contribution in [2.45, 2.75) is 78.7 Å². The molecule has 23 heavy (non-hydrogen) atoms. The van der Waals surface area contributed by atoms with E-state index in [1.54, 1.807) is 0 Å². The molecule has 0 amide bonds. The van der Waals surface area contributed by atoms with Crippen molar-refractivity contribution in [2.75, 3.05) is 0 Å². The second-order valence-electron chi connectivity index (χ2n) is 9.78. The van der Waals surface area contributed by atoms with E-state index in [-0.39, 0.29) is 16.7 Å². The predicted molar refractivity (Wildman–Crippen MR) is 94.0 cm³/mol. The molecule has 0 aromatic heterocycles. The first-order valence-electron chi connectivity index (χ1n) is 9.47. The molecular formula is C21H34O2. The topological polar surface area (TPSA) is 37.3 Å². The molecule has 0 saturated heterocycles. The summed E-state index contributed by atoms with van der Waals surface area (Å²) >= 11 is 0. The maximum Gasteiger partial charge on any atom is 0.120 e. The van der Waals surface area contributed by atoms with E-state index in [4.69, 9.17) is 0 Å². The minimum absolute atomic E-state index is 0.121. The lowest BCUT2D eigenvalue weighted by Crippen LogP contribution is -2.60. The number of aldehydes is 1. The Balaban J connectivity index is 2.03. The van der Waals surface area contributed by atoms with E-state index >= 15 is 0 Å². The fraction of sp³-hybridized carbons (Fsp3) is 0.857. The fourth-order valence-corrected chi connectivity index (χ4v) is 7.19. The van der Waals surface area contributed by atoms with Crippen LogP contribution in [-0.4, -0.2) is 17.5 Å². The first kappa shape index (κ1) is 17.2. The largest absolute Gasteiger partial charge is 0.389 e. The minimum Gasteiger partial charge on any atom is -0.389 e. The molecule has 0 aromatic rings. The van der Waals surface area contributed by atoms with Crippen LogP contribution in [-0.2, 0) is 4.79 Å². The molecule has 3 rings (SSSR count). The highest BCUT2D eigenvalue weighted by molar-refractivity contribution is 5.51. The van der Waals surface area contributed by atoms with E-state index in [0.717, 1.165) is 24.2 Å². The van der Waals surface area contributed by atoms with E-state index in [9.17, 15) is 9.90 Å². The summed E-state index contributed by atoms with van der Waals surface area (Å²) in [5.41, 5.74) is 1.72. The van der Waals surface area contributed by atoms with E-state index < -0.39 is 6.10 Å². The van der Waals surface area contributed by atoms with Gasteiger partial charge in [-0.1, -0.05) is 40.7 Å². The molecule has 0 radical (unpaired) electrons. The van der Waals surface area contributed by atoms with Gasteiger partial charge in [-0.25, -0.2) is 0 Å². The van der Waals surface area contributed by atoms with E-state index in [1.807, 2.05) is 0 Å². The Bertz CT molecular complexity index is 508. The van der Waals surface area contributed by atoms with Gasteiger partial charge in [0.25, 0.3) is 0 Å². The molecule has 1 N–H and O–H groups in total. The van der Waals surface area contributed by atoms with Gasteiger partial charge >= 0.3 is 0 Å². The van der Waals surface area contributed by atoms with Crippen molar-refractivity contribution in [3.8, 4) is 0 Å². The monoisotopic (exact) mass is 318 g/mol. The summed E-state index contributed by atoms with van der Waals surface area (Å²) in [6.07, 6.45) is 8.29. The van der Waals surface area contributed by atoms with Gasteiger partial charge in [-0.3, -0.25) is 0 Å². The molecule has 0 bridgehead atoms. The molecule has 1 unspecified atom stereocenters. The Kier molecular flexibility index (Phi) is 4.07. The average molecular weight is 319 g/mol. The highest BCUT2D eigenvalue weighted by Crippen LogP contribution is 2.69. The SMILES string of the molecule is C=C1C(CC=O)[C@]2(C)CC[C@H]3C(C)(C)CCC[C@]3(C)[C@H]2C[C@H]1O. The Morgan fingerprint density at radius 2 is 1.83 bits per heavy atom. The van der Waals surface area contributed by atoms with Gasteiger partial charge in [-0.05, 0) is 71.7 Å². The molecule has 3 saturated carbocycles. The van der Waals surface area contributed by atoms with Gasteiger partial charge < -0.3 is 9.90 Å². The highest BCUT2D eigenvalue weighted by atomic mass is 16.3. The third kappa shape index (κ3) is 2.35. The van der Waals surface area contributed by atoms with Crippen LogP contribution >= 0.6 is 0 Å². The molecule has 2 nitrogen and oxygen atoms in total. The van der Waals surface area contributed by atoms with Crippen LogP contribution in [0, 0.1) is 34.0 Å². The average Bonchev–Trinajstić information content (AvgIpc) is 2.45. The molecule has 3 aliphatic carbocycles. The van der Waals surface area contributed by atoms with Gasteiger partial charge in [0.05, 0.1) is 6.10 Å². The quantitative estimate of drug-likeness (QED) is 0.588. The molecule has 3 aliphatic rings. The first-order valence-corrected chi connectivity index (χ1v) is 9.47. The van der Waals surface area contributed by atoms with Crippen molar-refractivity contribution >= 4 is 6.29 Å². The summed E-state index contributed by atoms with van der Waals surface area (Å²) in [5, 5.41) is 10.6. The van der Waals surface area contributed by atoms with Crippen molar-refractivity contribution in [3.63, 3.8) is 0 Å². The third-order valence-electron chi connectivity index (χ3n) is 8.30. The minimum atomic E-state index is -0.432. The molecule has 0 aromatic carbocycles. The molecule has 130 valence electrons. The maximum atomic E-state index is 11.3. The summed E-state index contributed by atoms with van der Waals surface area (Å²) in [6.45, 7) is 13.9.